The zero-order valence-corrected chi connectivity index (χ0v) is 20.8. The number of carbonyl (C=O) groups excluding carboxylic acids is 1. The average molecular weight is 503 g/mol. The first-order valence-corrected chi connectivity index (χ1v) is 12.8. The van der Waals surface area contributed by atoms with E-state index in [1.165, 1.54) is 11.3 Å². The summed E-state index contributed by atoms with van der Waals surface area (Å²) in [5, 5.41) is 1.97. The third-order valence-electron chi connectivity index (χ3n) is 5.62. The maximum absolute atomic E-state index is 13.8. The molecule has 8 heteroatoms. The summed E-state index contributed by atoms with van der Waals surface area (Å²) < 4.78 is 13.3. The molecule has 2 aromatic carbocycles. The molecule has 1 aliphatic heterocycles. The van der Waals surface area contributed by atoms with Gasteiger partial charge in [-0.15, -0.1) is 11.3 Å². The molecule has 5 rings (SSSR count). The molecule has 0 radical (unpaired) electrons. The number of methoxy groups -OCH3 is 1. The van der Waals surface area contributed by atoms with Gasteiger partial charge >= 0.3 is 5.97 Å². The predicted octanol–water partition coefficient (Wildman–Crippen LogP) is 4.01. The molecule has 0 fully saturated rings. The third kappa shape index (κ3) is 4.26. The van der Waals surface area contributed by atoms with Crippen LogP contribution in [0.3, 0.4) is 0 Å². The summed E-state index contributed by atoms with van der Waals surface area (Å²) in [5.41, 5.74) is 2.03. The van der Waals surface area contributed by atoms with Crippen LogP contribution in [0.15, 0.2) is 87.5 Å². The quantitative estimate of drug-likeness (QED) is 0.374. The van der Waals surface area contributed by atoms with E-state index in [9.17, 15) is 9.59 Å². The molecular weight excluding hydrogens is 480 g/mol. The number of esters is 1. The minimum absolute atomic E-state index is 0.200. The van der Waals surface area contributed by atoms with Gasteiger partial charge in [-0.05, 0) is 30.5 Å². The SMILES string of the molecule is CCOC(=O)C1=C(c2ccccc2)N=c2s/c(=C\c3cccs3)c(=O)n2[C@H]1c1ccccc1OC. The molecule has 4 aromatic rings. The van der Waals surface area contributed by atoms with Gasteiger partial charge in [0.1, 0.15) is 11.8 Å². The van der Waals surface area contributed by atoms with Crippen LogP contribution in [0.4, 0.5) is 0 Å². The average Bonchev–Trinajstić information content (AvgIpc) is 3.51. The van der Waals surface area contributed by atoms with Crippen molar-refractivity contribution in [1.82, 2.24) is 4.57 Å². The van der Waals surface area contributed by atoms with E-state index < -0.39 is 12.0 Å². The number of aromatic nitrogens is 1. The number of thiophene rings is 1. The number of benzene rings is 2. The van der Waals surface area contributed by atoms with Crippen molar-refractivity contribution in [2.24, 2.45) is 4.99 Å². The molecule has 176 valence electrons. The van der Waals surface area contributed by atoms with E-state index in [1.54, 1.807) is 29.9 Å². The Morgan fingerprint density at radius 2 is 1.86 bits per heavy atom. The Morgan fingerprint density at radius 3 is 2.57 bits per heavy atom. The number of hydrogen-bond acceptors (Lipinski definition) is 7. The molecule has 0 saturated carbocycles. The lowest BCUT2D eigenvalue weighted by Gasteiger charge is -2.27. The molecule has 35 heavy (non-hydrogen) atoms. The van der Waals surface area contributed by atoms with E-state index in [0.29, 0.717) is 31.9 Å². The fourth-order valence-electron chi connectivity index (χ4n) is 4.13. The topological polar surface area (TPSA) is 69.9 Å². The van der Waals surface area contributed by atoms with Crippen LogP contribution in [-0.2, 0) is 9.53 Å². The second-order valence-electron chi connectivity index (χ2n) is 7.69. The van der Waals surface area contributed by atoms with Gasteiger partial charge in [-0.25, -0.2) is 9.79 Å². The molecule has 0 unspecified atom stereocenters. The van der Waals surface area contributed by atoms with Gasteiger partial charge < -0.3 is 9.47 Å². The molecule has 2 aromatic heterocycles. The molecule has 0 bridgehead atoms. The van der Waals surface area contributed by atoms with Crippen molar-refractivity contribution in [3.05, 3.63) is 113 Å². The zero-order chi connectivity index (χ0) is 24.4. The first kappa shape index (κ1) is 23.0. The normalized spacial score (nSPS) is 15.5. The number of rotatable bonds is 6. The Bertz CT molecular complexity index is 1580. The van der Waals surface area contributed by atoms with Crippen LogP contribution in [0.2, 0.25) is 0 Å². The standard InChI is InChI=1S/C27H22N2O4S2/c1-3-33-26(31)22-23(17-10-5-4-6-11-17)28-27-29(24(22)19-13-7-8-14-20(19)32-2)25(30)21(35-27)16-18-12-9-15-34-18/h4-16,24H,3H2,1-2H3/b21-16-/t24-/m0/s1. The Balaban J connectivity index is 1.88. The van der Waals surface area contributed by atoms with Crippen LogP contribution in [-0.4, -0.2) is 24.3 Å². The van der Waals surface area contributed by atoms with E-state index in [1.807, 2.05) is 78.2 Å². The Kier molecular flexibility index (Phi) is 6.48. The molecular formula is C27H22N2O4S2. The number of para-hydroxylation sites is 1. The zero-order valence-electron chi connectivity index (χ0n) is 19.1. The van der Waals surface area contributed by atoms with E-state index in [-0.39, 0.29) is 12.2 Å². The van der Waals surface area contributed by atoms with Gasteiger partial charge in [-0.2, -0.15) is 0 Å². The highest BCUT2D eigenvalue weighted by Gasteiger charge is 2.36. The molecule has 1 aliphatic rings. The fraction of sp³-hybridized carbons (Fsp3) is 0.148. The Hall–Kier alpha value is -3.75. The number of ether oxygens (including phenoxy) is 2. The highest BCUT2D eigenvalue weighted by molar-refractivity contribution is 7.11. The van der Waals surface area contributed by atoms with Crippen LogP contribution in [0.25, 0.3) is 11.8 Å². The first-order chi connectivity index (χ1) is 17.1. The lowest BCUT2D eigenvalue weighted by Crippen LogP contribution is -2.40. The largest absolute Gasteiger partial charge is 0.496 e. The lowest BCUT2D eigenvalue weighted by molar-refractivity contribution is -0.138. The highest BCUT2D eigenvalue weighted by atomic mass is 32.1. The highest BCUT2D eigenvalue weighted by Crippen LogP contribution is 2.38. The van der Waals surface area contributed by atoms with E-state index in [0.717, 1.165) is 10.4 Å². The van der Waals surface area contributed by atoms with Crippen molar-refractivity contribution in [1.29, 1.82) is 0 Å². The summed E-state index contributed by atoms with van der Waals surface area (Å²) in [4.78, 5) is 33.5. The van der Waals surface area contributed by atoms with Crippen molar-refractivity contribution in [3.63, 3.8) is 0 Å². The van der Waals surface area contributed by atoms with Crippen molar-refractivity contribution >= 4 is 40.4 Å². The van der Waals surface area contributed by atoms with Gasteiger partial charge in [0.25, 0.3) is 5.56 Å². The van der Waals surface area contributed by atoms with Crippen molar-refractivity contribution in [2.75, 3.05) is 13.7 Å². The summed E-state index contributed by atoms with van der Waals surface area (Å²) in [5.74, 6) is 0.0555. The summed E-state index contributed by atoms with van der Waals surface area (Å²) in [7, 11) is 1.57. The molecule has 0 spiro atoms. The van der Waals surface area contributed by atoms with E-state index in [4.69, 9.17) is 14.5 Å². The Morgan fingerprint density at radius 1 is 1.09 bits per heavy atom. The fourth-order valence-corrected chi connectivity index (χ4v) is 5.85. The second-order valence-corrected chi connectivity index (χ2v) is 9.68. The maximum Gasteiger partial charge on any atom is 0.338 e. The van der Waals surface area contributed by atoms with Gasteiger partial charge in [-0.3, -0.25) is 9.36 Å². The third-order valence-corrected chi connectivity index (χ3v) is 7.43. The molecule has 0 N–H and O–H groups in total. The van der Waals surface area contributed by atoms with Crippen LogP contribution in [0.1, 0.15) is 29.0 Å². The summed E-state index contributed by atoms with van der Waals surface area (Å²) in [6, 6.07) is 20.0. The number of fused-ring (bicyclic) bond motifs is 1. The molecule has 0 saturated heterocycles. The number of thiazole rings is 1. The lowest BCUT2D eigenvalue weighted by atomic mass is 9.92. The van der Waals surface area contributed by atoms with Crippen molar-refractivity contribution in [2.45, 2.75) is 13.0 Å². The molecule has 0 aliphatic carbocycles. The van der Waals surface area contributed by atoms with Gasteiger partial charge in [0.2, 0.25) is 0 Å². The van der Waals surface area contributed by atoms with Crippen molar-refractivity contribution < 1.29 is 14.3 Å². The molecule has 6 nitrogen and oxygen atoms in total. The second kappa shape index (κ2) is 9.85. The minimum atomic E-state index is -0.762. The molecule has 3 heterocycles. The number of nitrogens with zero attached hydrogens (tertiary/aromatic N) is 2. The number of hydrogen-bond donors (Lipinski definition) is 0. The number of carbonyl (C=O) groups is 1. The predicted molar refractivity (Wildman–Crippen MR) is 138 cm³/mol. The summed E-state index contributed by atoms with van der Waals surface area (Å²) in [6.07, 6.45) is 1.87. The Labute approximate surface area is 209 Å². The maximum atomic E-state index is 13.8. The van der Waals surface area contributed by atoms with Crippen molar-refractivity contribution in [3.8, 4) is 5.75 Å². The van der Waals surface area contributed by atoms with Crippen LogP contribution < -0.4 is 19.6 Å². The van der Waals surface area contributed by atoms with E-state index in [2.05, 4.69) is 0 Å². The van der Waals surface area contributed by atoms with Gasteiger partial charge in [0, 0.05) is 16.0 Å². The van der Waals surface area contributed by atoms with E-state index >= 15 is 0 Å². The van der Waals surface area contributed by atoms with Gasteiger partial charge in [0.05, 0.1) is 29.5 Å². The molecule has 0 amide bonds. The van der Waals surface area contributed by atoms with Crippen LogP contribution in [0, 0.1) is 0 Å². The van der Waals surface area contributed by atoms with Crippen LogP contribution >= 0.6 is 22.7 Å². The minimum Gasteiger partial charge on any atom is -0.496 e. The van der Waals surface area contributed by atoms with Gasteiger partial charge in [-0.1, -0.05) is 65.9 Å². The summed E-state index contributed by atoms with van der Waals surface area (Å²) in [6.45, 7) is 1.96. The smallest absolute Gasteiger partial charge is 0.338 e. The monoisotopic (exact) mass is 502 g/mol. The molecule has 1 atom stereocenters. The van der Waals surface area contributed by atoms with Gasteiger partial charge in [0.15, 0.2) is 4.80 Å². The summed E-state index contributed by atoms with van der Waals surface area (Å²) >= 11 is 2.86. The first-order valence-electron chi connectivity index (χ1n) is 11.1. The van der Waals surface area contributed by atoms with Crippen LogP contribution in [0.5, 0.6) is 5.75 Å².